The van der Waals surface area contributed by atoms with Crippen molar-refractivity contribution in [3.05, 3.63) is 29.3 Å². The van der Waals surface area contributed by atoms with E-state index < -0.39 is 18.6 Å². The normalized spacial score (nSPS) is 13.5. The van der Waals surface area contributed by atoms with Gasteiger partial charge in [-0.2, -0.15) is 13.2 Å². The molecule has 0 fully saturated rings. The third kappa shape index (κ3) is 6.38. The molecule has 0 radical (unpaired) electrons. The molecule has 0 amide bonds. The third-order valence-electron chi connectivity index (χ3n) is 2.06. The highest BCUT2D eigenvalue weighted by molar-refractivity contribution is 6.30. The molecule has 1 aromatic rings. The first kappa shape index (κ1) is 14.1. The Morgan fingerprint density at radius 2 is 2.06 bits per heavy atom. The number of benzene rings is 1. The Labute approximate surface area is 103 Å². The van der Waals surface area contributed by atoms with Crippen LogP contribution in [0.15, 0.2) is 24.3 Å². The van der Waals surface area contributed by atoms with Crippen molar-refractivity contribution in [1.82, 2.24) is 0 Å². The molecule has 0 heterocycles. The van der Waals surface area contributed by atoms with Crippen molar-refractivity contribution in [2.75, 3.05) is 6.61 Å². The van der Waals surface area contributed by atoms with Gasteiger partial charge in [0.1, 0.15) is 12.4 Å². The van der Waals surface area contributed by atoms with E-state index in [-0.39, 0.29) is 13.0 Å². The molecule has 0 saturated carbocycles. The van der Waals surface area contributed by atoms with E-state index >= 15 is 0 Å². The summed E-state index contributed by atoms with van der Waals surface area (Å²) in [5.41, 5.74) is 5.51. The summed E-state index contributed by atoms with van der Waals surface area (Å²) in [6.45, 7) is 0.0381. The highest BCUT2D eigenvalue weighted by atomic mass is 35.5. The highest BCUT2D eigenvalue weighted by Crippen LogP contribution is 2.22. The maximum absolute atomic E-state index is 11.9. The minimum Gasteiger partial charge on any atom is -0.492 e. The van der Waals surface area contributed by atoms with Gasteiger partial charge in [-0.1, -0.05) is 17.7 Å². The Hall–Kier alpha value is -0.940. The summed E-state index contributed by atoms with van der Waals surface area (Å²) in [6.07, 6.45) is -5.22. The van der Waals surface area contributed by atoms with Gasteiger partial charge in [0.2, 0.25) is 0 Å². The molecule has 96 valence electrons. The standard InChI is InChI=1S/C11H13ClF3NO/c12-8-2-1-3-10(6-8)17-7-9(16)4-5-11(13,14)15/h1-3,6,9H,4-5,7,16H2. The van der Waals surface area contributed by atoms with Gasteiger partial charge in [0.05, 0.1) is 0 Å². The molecule has 0 aliphatic heterocycles. The smallest absolute Gasteiger partial charge is 0.389 e. The quantitative estimate of drug-likeness (QED) is 0.887. The van der Waals surface area contributed by atoms with E-state index in [0.717, 1.165) is 0 Å². The summed E-state index contributed by atoms with van der Waals surface area (Å²) in [5, 5.41) is 0.506. The van der Waals surface area contributed by atoms with Crippen LogP contribution >= 0.6 is 11.6 Å². The summed E-state index contributed by atoms with van der Waals surface area (Å²) in [7, 11) is 0. The third-order valence-corrected chi connectivity index (χ3v) is 2.29. The molecular formula is C11H13ClF3NO. The van der Waals surface area contributed by atoms with E-state index in [1.807, 2.05) is 0 Å². The number of hydrogen-bond donors (Lipinski definition) is 1. The fourth-order valence-corrected chi connectivity index (χ4v) is 1.37. The Bertz CT molecular complexity index is 357. The van der Waals surface area contributed by atoms with Crippen LogP contribution in [-0.4, -0.2) is 18.8 Å². The molecule has 0 aliphatic carbocycles. The van der Waals surface area contributed by atoms with Crippen LogP contribution in [0, 0.1) is 0 Å². The van der Waals surface area contributed by atoms with E-state index in [1.54, 1.807) is 24.3 Å². The molecular weight excluding hydrogens is 255 g/mol. The van der Waals surface area contributed by atoms with E-state index in [2.05, 4.69) is 0 Å². The first-order valence-electron chi connectivity index (χ1n) is 5.07. The maximum Gasteiger partial charge on any atom is 0.389 e. The zero-order valence-corrected chi connectivity index (χ0v) is 9.76. The molecule has 0 saturated heterocycles. The van der Waals surface area contributed by atoms with Crippen LogP contribution in [0.25, 0.3) is 0 Å². The van der Waals surface area contributed by atoms with Gasteiger partial charge in [-0.05, 0) is 24.6 Å². The van der Waals surface area contributed by atoms with Crippen molar-refractivity contribution in [2.24, 2.45) is 5.73 Å². The molecule has 1 unspecified atom stereocenters. The van der Waals surface area contributed by atoms with Gasteiger partial charge in [-0.15, -0.1) is 0 Å². The van der Waals surface area contributed by atoms with Crippen LogP contribution in [0.4, 0.5) is 13.2 Å². The van der Waals surface area contributed by atoms with Crippen LogP contribution in [0.5, 0.6) is 5.75 Å². The zero-order valence-electron chi connectivity index (χ0n) is 9.01. The van der Waals surface area contributed by atoms with Gasteiger partial charge < -0.3 is 10.5 Å². The molecule has 17 heavy (non-hydrogen) atoms. The molecule has 1 aromatic carbocycles. The summed E-state index contributed by atoms with van der Waals surface area (Å²) >= 11 is 5.72. The van der Waals surface area contributed by atoms with Crippen LogP contribution in [-0.2, 0) is 0 Å². The fraction of sp³-hybridized carbons (Fsp3) is 0.455. The molecule has 0 bridgehead atoms. The van der Waals surface area contributed by atoms with Crippen LogP contribution in [0.1, 0.15) is 12.8 Å². The van der Waals surface area contributed by atoms with Crippen molar-refractivity contribution in [3.8, 4) is 5.75 Å². The summed E-state index contributed by atoms with van der Waals surface area (Å²) in [5.74, 6) is 0.500. The molecule has 1 rings (SSSR count). The Balaban J connectivity index is 2.31. The number of hydrogen-bond acceptors (Lipinski definition) is 2. The molecule has 1 atom stereocenters. The van der Waals surface area contributed by atoms with E-state index in [9.17, 15) is 13.2 Å². The van der Waals surface area contributed by atoms with Crippen LogP contribution in [0.2, 0.25) is 5.02 Å². The Kier molecular flexibility index (Phi) is 5.08. The van der Waals surface area contributed by atoms with Gasteiger partial charge in [0.15, 0.2) is 0 Å². The number of nitrogens with two attached hydrogens (primary N) is 1. The summed E-state index contributed by atoms with van der Waals surface area (Å²) < 4.78 is 41.0. The van der Waals surface area contributed by atoms with Crippen LogP contribution in [0.3, 0.4) is 0 Å². The minimum absolute atomic E-state index is 0.0381. The van der Waals surface area contributed by atoms with Gasteiger partial charge in [0, 0.05) is 17.5 Å². The molecule has 0 aliphatic rings. The molecule has 2 N–H and O–H groups in total. The first-order valence-corrected chi connectivity index (χ1v) is 5.45. The topological polar surface area (TPSA) is 35.2 Å². The lowest BCUT2D eigenvalue weighted by atomic mass is 10.2. The van der Waals surface area contributed by atoms with E-state index in [1.165, 1.54) is 0 Å². The lowest BCUT2D eigenvalue weighted by Gasteiger charge is -2.14. The molecule has 0 aromatic heterocycles. The van der Waals surface area contributed by atoms with Gasteiger partial charge in [0.25, 0.3) is 0 Å². The van der Waals surface area contributed by atoms with Crippen LogP contribution < -0.4 is 10.5 Å². The average molecular weight is 268 g/mol. The van der Waals surface area contributed by atoms with E-state index in [0.29, 0.717) is 10.8 Å². The predicted molar refractivity (Wildman–Crippen MR) is 60.2 cm³/mol. The van der Waals surface area contributed by atoms with Crippen molar-refractivity contribution >= 4 is 11.6 Å². The van der Waals surface area contributed by atoms with Crippen molar-refractivity contribution in [1.29, 1.82) is 0 Å². The first-order chi connectivity index (χ1) is 7.87. The number of alkyl halides is 3. The fourth-order valence-electron chi connectivity index (χ4n) is 1.19. The lowest BCUT2D eigenvalue weighted by molar-refractivity contribution is -0.136. The van der Waals surface area contributed by atoms with Gasteiger partial charge in [-0.3, -0.25) is 0 Å². The predicted octanol–water partition coefficient (Wildman–Crippen LogP) is 3.39. The second kappa shape index (κ2) is 6.12. The monoisotopic (exact) mass is 267 g/mol. The van der Waals surface area contributed by atoms with Crippen molar-refractivity contribution in [3.63, 3.8) is 0 Å². The maximum atomic E-state index is 11.9. The van der Waals surface area contributed by atoms with Gasteiger partial charge in [-0.25, -0.2) is 0 Å². The SMILES string of the molecule is NC(CCC(F)(F)F)COc1cccc(Cl)c1. The Morgan fingerprint density at radius 1 is 1.35 bits per heavy atom. The largest absolute Gasteiger partial charge is 0.492 e. The van der Waals surface area contributed by atoms with Crippen molar-refractivity contribution < 1.29 is 17.9 Å². The second-order valence-electron chi connectivity index (χ2n) is 3.68. The van der Waals surface area contributed by atoms with E-state index in [4.69, 9.17) is 22.1 Å². The second-order valence-corrected chi connectivity index (χ2v) is 4.12. The molecule has 2 nitrogen and oxygen atoms in total. The molecule has 0 spiro atoms. The number of rotatable bonds is 5. The number of halogens is 4. The minimum atomic E-state index is -4.17. The highest BCUT2D eigenvalue weighted by Gasteiger charge is 2.27. The Morgan fingerprint density at radius 3 is 2.65 bits per heavy atom. The molecule has 6 heteroatoms. The number of ether oxygens (including phenoxy) is 1. The average Bonchev–Trinajstić information content (AvgIpc) is 2.23. The summed E-state index contributed by atoms with van der Waals surface area (Å²) in [6, 6.07) is 5.98. The summed E-state index contributed by atoms with van der Waals surface area (Å²) in [4.78, 5) is 0. The van der Waals surface area contributed by atoms with Crippen molar-refractivity contribution in [2.45, 2.75) is 25.1 Å². The van der Waals surface area contributed by atoms with Gasteiger partial charge >= 0.3 is 6.18 Å². The lowest BCUT2D eigenvalue weighted by Crippen LogP contribution is -2.29. The zero-order chi connectivity index (χ0) is 12.9.